The molecule has 0 saturated carbocycles. The number of benzene rings is 1. The first-order chi connectivity index (χ1) is 8.26. The first kappa shape index (κ1) is 14.0. The van der Waals surface area contributed by atoms with E-state index in [1.165, 1.54) is 5.56 Å². The molecular weight excluding hydrogens is 214 g/mol. The fourth-order valence-electron chi connectivity index (χ4n) is 1.41. The van der Waals surface area contributed by atoms with Crippen LogP contribution in [0.3, 0.4) is 0 Å². The molecule has 3 nitrogen and oxygen atoms in total. The third-order valence-electron chi connectivity index (χ3n) is 2.65. The van der Waals surface area contributed by atoms with Gasteiger partial charge in [-0.05, 0) is 31.0 Å². The van der Waals surface area contributed by atoms with Crippen molar-refractivity contribution in [2.24, 2.45) is 0 Å². The second-order valence-corrected chi connectivity index (χ2v) is 4.15. The molecule has 1 atom stereocenters. The van der Waals surface area contributed by atoms with Crippen LogP contribution < -0.4 is 10.1 Å². The molecule has 3 heteroatoms. The van der Waals surface area contributed by atoms with Gasteiger partial charge in [0.1, 0.15) is 5.75 Å². The zero-order valence-electron chi connectivity index (χ0n) is 11.0. The van der Waals surface area contributed by atoms with Gasteiger partial charge in [-0.3, -0.25) is 0 Å². The summed E-state index contributed by atoms with van der Waals surface area (Å²) in [6.07, 6.45) is 1.31. The summed E-state index contributed by atoms with van der Waals surface area (Å²) in [5.41, 5.74) is 1.26. The van der Waals surface area contributed by atoms with Gasteiger partial charge >= 0.3 is 0 Å². The Kier molecular flexibility index (Phi) is 6.67. The Balaban J connectivity index is 2.34. The van der Waals surface area contributed by atoms with Crippen LogP contribution >= 0.6 is 0 Å². The molecule has 0 unspecified atom stereocenters. The van der Waals surface area contributed by atoms with E-state index < -0.39 is 0 Å². The Labute approximate surface area is 104 Å². The molecule has 1 N–H and O–H groups in total. The summed E-state index contributed by atoms with van der Waals surface area (Å²) in [5.74, 6) is 0.944. The van der Waals surface area contributed by atoms with Crippen molar-refractivity contribution in [3.8, 4) is 5.75 Å². The Morgan fingerprint density at radius 2 is 1.94 bits per heavy atom. The zero-order chi connectivity index (χ0) is 12.5. The second kappa shape index (κ2) is 8.09. The Bertz CT molecular complexity index is 298. The third kappa shape index (κ3) is 5.71. The van der Waals surface area contributed by atoms with Crippen LogP contribution in [-0.4, -0.2) is 26.4 Å². The van der Waals surface area contributed by atoms with E-state index in [4.69, 9.17) is 9.47 Å². The minimum Gasteiger partial charge on any atom is -0.491 e. The summed E-state index contributed by atoms with van der Waals surface area (Å²) in [4.78, 5) is 0. The Morgan fingerprint density at radius 1 is 1.24 bits per heavy atom. The molecule has 96 valence electrons. The number of nitrogens with one attached hydrogen (secondary N) is 1. The fraction of sp³-hybridized carbons (Fsp3) is 0.571. The van der Waals surface area contributed by atoms with Crippen molar-refractivity contribution in [3.63, 3.8) is 0 Å². The molecular formula is C14H23NO2. The Hall–Kier alpha value is -1.06. The predicted molar refractivity (Wildman–Crippen MR) is 70.4 cm³/mol. The van der Waals surface area contributed by atoms with Crippen molar-refractivity contribution in [3.05, 3.63) is 29.8 Å². The molecule has 0 saturated heterocycles. The Morgan fingerprint density at radius 3 is 2.53 bits per heavy atom. The average Bonchev–Trinajstić information content (AvgIpc) is 2.36. The topological polar surface area (TPSA) is 30.5 Å². The maximum absolute atomic E-state index is 5.72. The molecule has 1 aromatic carbocycles. The van der Waals surface area contributed by atoms with Crippen molar-refractivity contribution < 1.29 is 9.47 Å². The van der Waals surface area contributed by atoms with Gasteiger partial charge in [-0.2, -0.15) is 0 Å². The molecule has 0 aliphatic heterocycles. The summed E-state index contributed by atoms with van der Waals surface area (Å²) in [5, 5.41) is 3.31. The molecule has 0 spiro atoms. The molecule has 0 bridgehead atoms. The van der Waals surface area contributed by atoms with E-state index in [9.17, 15) is 0 Å². The maximum Gasteiger partial charge on any atom is 0.119 e. The molecule has 0 amide bonds. The van der Waals surface area contributed by atoms with Crippen LogP contribution in [0.25, 0.3) is 0 Å². The standard InChI is InChI=1S/C14H23NO2/c1-4-12(2)17-14-7-5-13(6-8-14)11-15-9-10-16-3/h5-8,12,15H,4,9-11H2,1-3H3/t12-/m1/s1. The molecule has 0 aromatic heterocycles. The third-order valence-corrected chi connectivity index (χ3v) is 2.65. The van der Waals surface area contributed by atoms with Crippen LogP contribution in [0.5, 0.6) is 5.75 Å². The number of methoxy groups -OCH3 is 1. The zero-order valence-corrected chi connectivity index (χ0v) is 11.0. The molecule has 0 heterocycles. The lowest BCUT2D eigenvalue weighted by Gasteiger charge is -2.12. The van der Waals surface area contributed by atoms with E-state index in [0.29, 0.717) is 0 Å². The smallest absolute Gasteiger partial charge is 0.119 e. The van der Waals surface area contributed by atoms with Crippen molar-refractivity contribution in [1.29, 1.82) is 0 Å². The van der Waals surface area contributed by atoms with Crippen LogP contribution in [0.2, 0.25) is 0 Å². The lowest BCUT2D eigenvalue weighted by atomic mass is 10.2. The summed E-state index contributed by atoms with van der Waals surface area (Å²) in [6, 6.07) is 8.24. The van der Waals surface area contributed by atoms with Crippen LogP contribution in [0.15, 0.2) is 24.3 Å². The first-order valence-corrected chi connectivity index (χ1v) is 6.21. The highest BCUT2D eigenvalue weighted by Crippen LogP contribution is 2.14. The van der Waals surface area contributed by atoms with Crippen molar-refractivity contribution in [2.75, 3.05) is 20.3 Å². The van der Waals surface area contributed by atoms with Crippen LogP contribution in [-0.2, 0) is 11.3 Å². The van der Waals surface area contributed by atoms with Crippen LogP contribution in [0, 0.1) is 0 Å². The molecule has 1 rings (SSSR count). The van der Waals surface area contributed by atoms with Crippen LogP contribution in [0.4, 0.5) is 0 Å². The minimum absolute atomic E-state index is 0.278. The normalized spacial score (nSPS) is 12.4. The van der Waals surface area contributed by atoms with Gasteiger partial charge in [0.05, 0.1) is 12.7 Å². The number of hydrogen-bond acceptors (Lipinski definition) is 3. The fourth-order valence-corrected chi connectivity index (χ4v) is 1.41. The van der Waals surface area contributed by atoms with Gasteiger partial charge < -0.3 is 14.8 Å². The minimum atomic E-state index is 0.278. The van der Waals surface area contributed by atoms with E-state index in [0.717, 1.165) is 31.9 Å². The molecule has 17 heavy (non-hydrogen) atoms. The predicted octanol–water partition coefficient (Wildman–Crippen LogP) is 2.60. The average molecular weight is 237 g/mol. The first-order valence-electron chi connectivity index (χ1n) is 6.21. The molecule has 0 radical (unpaired) electrons. The lowest BCUT2D eigenvalue weighted by Crippen LogP contribution is -2.18. The molecule has 0 fully saturated rings. The number of rotatable bonds is 8. The summed E-state index contributed by atoms with van der Waals surface area (Å²) >= 11 is 0. The van der Waals surface area contributed by atoms with Gasteiger partial charge in [-0.25, -0.2) is 0 Å². The number of ether oxygens (including phenoxy) is 2. The quantitative estimate of drug-likeness (QED) is 0.705. The van der Waals surface area contributed by atoms with E-state index in [1.54, 1.807) is 7.11 Å². The van der Waals surface area contributed by atoms with Gasteiger partial charge in [-0.1, -0.05) is 19.1 Å². The highest BCUT2D eigenvalue weighted by molar-refractivity contribution is 5.27. The maximum atomic E-state index is 5.72. The summed E-state index contributed by atoms with van der Waals surface area (Å²) in [7, 11) is 1.71. The molecule has 1 aromatic rings. The van der Waals surface area contributed by atoms with E-state index in [1.807, 2.05) is 12.1 Å². The van der Waals surface area contributed by atoms with Gasteiger partial charge in [0.15, 0.2) is 0 Å². The van der Waals surface area contributed by atoms with E-state index in [2.05, 4.69) is 31.3 Å². The van der Waals surface area contributed by atoms with Crippen LogP contribution in [0.1, 0.15) is 25.8 Å². The largest absolute Gasteiger partial charge is 0.491 e. The molecule has 0 aliphatic carbocycles. The number of hydrogen-bond donors (Lipinski definition) is 1. The second-order valence-electron chi connectivity index (χ2n) is 4.15. The van der Waals surface area contributed by atoms with E-state index in [-0.39, 0.29) is 6.10 Å². The summed E-state index contributed by atoms with van der Waals surface area (Å²) in [6.45, 7) is 6.70. The summed E-state index contributed by atoms with van der Waals surface area (Å²) < 4.78 is 10.7. The van der Waals surface area contributed by atoms with Gasteiger partial charge in [0.25, 0.3) is 0 Å². The van der Waals surface area contributed by atoms with Gasteiger partial charge in [-0.15, -0.1) is 0 Å². The lowest BCUT2D eigenvalue weighted by molar-refractivity contribution is 0.199. The monoisotopic (exact) mass is 237 g/mol. The van der Waals surface area contributed by atoms with Crippen molar-refractivity contribution in [1.82, 2.24) is 5.32 Å². The highest BCUT2D eigenvalue weighted by atomic mass is 16.5. The van der Waals surface area contributed by atoms with Gasteiger partial charge in [0, 0.05) is 20.2 Å². The van der Waals surface area contributed by atoms with Crippen molar-refractivity contribution in [2.45, 2.75) is 32.9 Å². The highest BCUT2D eigenvalue weighted by Gasteiger charge is 2.00. The SMILES string of the molecule is CC[C@@H](C)Oc1ccc(CNCCOC)cc1. The molecule has 0 aliphatic rings. The van der Waals surface area contributed by atoms with Crippen molar-refractivity contribution >= 4 is 0 Å². The van der Waals surface area contributed by atoms with E-state index >= 15 is 0 Å². The van der Waals surface area contributed by atoms with Gasteiger partial charge in [0.2, 0.25) is 0 Å².